The van der Waals surface area contributed by atoms with Crippen LogP contribution in [0.1, 0.15) is 42.7 Å². The van der Waals surface area contributed by atoms with Crippen LogP contribution in [0.5, 0.6) is 0 Å². The first-order chi connectivity index (χ1) is 10.3. The number of aryl methyl sites for hydroxylation is 1. The van der Waals surface area contributed by atoms with Crippen molar-refractivity contribution >= 4 is 5.71 Å². The third-order valence-corrected chi connectivity index (χ3v) is 5.79. The molecule has 3 saturated heterocycles. The van der Waals surface area contributed by atoms with E-state index in [1.54, 1.807) is 7.11 Å². The standard InChI is InChI=1S/C18H24N2O/c1-12-3-5-13(6-4-12)15-11-14-7-8-17-18(15)16(19-21-2)9-10-20(14)17/h3-6,14-15,17-18H,7-11H2,1-2H3/b19-16+/t14?,15-,17?,18?/m1/s1. The summed E-state index contributed by atoms with van der Waals surface area (Å²) in [5, 5.41) is 4.40. The molecule has 0 N–H and O–H groups in total. The predicted molar refractivity (Wildman–Crippen MR) is 84.6 cm³/mol. The lowest BCUT2D eigenvalue weighted by molar-refractivity contribution is 0.0829. The normalized spacial score (nSPS) is 39.5. The molecule has 4 bridgehead atoms. The topological polar surface area (TPSA) is 24.8 Å². The highest BCUT2D eigenvalue weighted by molar-refractivity contribution is 5.89. The van der Waals surface area contributed by atoms with E-state index in [0.29, 0.717) is 17.9 Å². The molecule has 0 saturated carbocycles. The lowest BCUT2D eigenvalue weighted by Crippen LogP contribution is -2.55. The second-order valence-electron chi connectivity index (χ2n) is 6.83. The summed E-state index contributed by atoms with van der Waals surface area (Å²) in [7, 11) is 1.68. The van der Waals surface area contributed by atoms with Crippen LogP contribution >= 0.6 is 0 Å². The fourth-order valence-electron chi connectivity index (χ4n) is 4.91. The van der Waals surface area contributed by atoms with Gasteiger partial charge in [-0.1, -0.05) is 35.0 Å². The zero-order valence-corrected chi connectivity index (χ0v) is 13.0. The largest absolute Gasteiger partial charge is 0.399 e. The van der Waals surface area contributed by atoms with Crippen LogP contribution < -0.4 is 0 Å². The molecule has 3 heteroatoms. The molecular formula is C18H24N2O. The van der Waals surface area contributed by atoms with Gasteiger partial charge in [0.05, 0.1) is 5.71 Å². The molecule has 0 radical (unpaired) electrons. The lowest BCUT2D eigenvalue weighted by atomic mass is 9.71. The highest BCUT2D eigenvalue weighted by Crippen LogP contribution is 2.50. The Labute approximate surface area is 127 Å². The maximum Gasteiger partial charge on any atom is 0.106 e. The van der Waals surface area contributed by atoms with Crippen molar-refractivity contribution in [1.82, 2.24) is 4.90 Å². The van der Waals surface area contributed by atoms with Gasteiger partial charge in [-0.25, -0.2) is 0 Å². The predicted octanol–water partition coefficient (Wildman–Crippen LogP) is 3.34. The van der Waals surface area contributed by atoms with E-state index in [1.165, 1.54) is 42.6 Å². The van der Waals surface area contributed by atoms with E-state index in [9.17, 15) is 0 Å². The Hall–Kier alpha value is -1.35. The summed E-state index contributed by atoms with van der Waals surface area (Å²) in [4.78, 5) is 7.91. The van der Waals surface area contributed by atoms with Gasteiger partial charge in [-0.3, -0.25) is 4.90 Å². The van der Waals surface area contributed by atoms with Crippen LogP contribution in [-0.4, -0.2) is 36.3 Å². The van der Waals surface area contributed by atoms with E-state index in [1.807, 2.05) is 0 Å². The van der Waals surface area contributed by atoms with E-state index in [-0.39, 0.29) is 0 Å². The summed E-state index contributed by atoms with van der Waals surface area (Å²) in [5.41, 5.74) is 4.13. The van der Waals surface area contributed by atoms with Gasteiger partial charge in [0.25, 0.3) is 0 Å². The van der Waals surface area contributed by atoms with E-state index in [2.05, 4.69) is 41.2 Å². The molecule has 1 aromatic carbocycles. The van der Waals surface area contributed by atoms with Crippen LogP contribution in [0.4, 0.5) is 0 Å². The molecule has 3 aliphatic rings. The van der Waals surface area contributed by atoms with Crippen molar-refractivity contribution in [1.29, 1.82) is 0 Å². The number of piperidine rings is 2. The summed E-state index contributed by atoms with van der Waals surface area (Å²) < 4.78 is 0. The molecule has 112 valence electrons. The number of oxime groups is 1. The number of nitrogens with zero attached hydrogens (tertiary/aromatic N) is 2. The molecule has 0 amide bonds. The van der Waals surface area contributed by atoms with E-state index in [4.69, 9.17) is 4.84 Å². The molecule has 21 heavy (non-hydrogen) atoms. The van der Waals surface area contributed by atoms with Crippen molar-refractivity contribution < 1.29 is 4.84 Å². The van der Waals surface area contributed by atoms with Gasteiger partial charge in [0.2, 0.25) is 0 Å². The highest BCUT2D eigenvalue weighted by Gasteiger charge is 2.51. The van der Waals surface area contributed by atoms with Gasteiger partial charge < -0.3 is 4.84 Å². The second-order valence-corrected chi connectivity index (χ2v) is 6.83. The molecule has 5 atom stereocenters. The van der Waals surface area contributed by atoms with E-state index >= 15 is 0 Å². The molecule has 3 nitrogen and oxygen atoms in total. The van der Waals surface area contributed by atoms with Crippen molar-refractivity contribution in [2.24, 2.45) is 11.1 Å². The smallest absolute Gasteiger partial charge is 0.106 e. The van der Waals surface area contributed by atoms with Gasteiger partial charge in [-0.2, -0.15) is 0 Å². The number of hydrogen-bond donors (Lipinski definition) is 0. The molecule has 0 aromatic heterocycles. The van der Waals surface area contributed by atoms with Gasteiger partial charge in [0.15, 0.2) is 0 Å². The molecule has 0 spiro atoms. The third-order valence-electron chi connectivity index (χ3n) is 5.79. The average Bonchev–Trinajstić information content (AvgIpc) is 2.78. The van der Waals surface area contributed by atoms with Crippen LogP contribution in [0.3, 0.4) is 0 Å². The van der Waals surface area contributed by atoms with Crippen molar-refractivity contribution in [3.05, 3.63) is 35.4 Å². The first-order valence-corrected chi connectivity index (χ1v) is 8.20. The molecule has 3 aliphatic heterocycles. The SMILES string of the molecule is CO/N=C1\CCN2C3CCC2C1[C@@H](c1ccc(C)cc1)C3. The Morgan fingerprint density at radius 3 is 2.76 bits per heavy atom. The monoisotopic (exact) mass is 284 g/mol. The Morgan fingerprint density at radius 2 is 2.00 bits per heavy atom. The summed E-state index contributed by atoms with van der Waals surface area (Å²) in [6, 6.07) is 10.6. The summed E-state index contributed by atoms with van der Waals surface area (Å²) >= 11 is 0. The van der Waals surface area contributed by atoms with Gasteiger partial charge in [0, 0.05) is 31.0 Å². The van der Waals surface area contributed by atoms with Crippen molar-refractivity contribution in [2.45, 2.75) is 50.6 Å². The Balaban J connectivity index is 1.73. The third kappa shape index (κ3) is 2.10. The van der Waals surface area contributed by atoms with E-state index in [0.717, 1.165) is 12.5 Å². The van der Waals surface area contributed by atoms with Gasteiger partial charge in [-0.05, 0) is 37.7 Å². The fraction of sp³-hybridized carbons (Fsp3) is 0.611. The molecule has 4 unspecified atom stereocenters. The Kier molecular flexibility index (Phi) is 3.26. The Morgan fingerprint density at radius 1 is 1.19 bits per heavy atom. The quantitative estimate of drug-likeness (QED) is 0.778. The summed E-state index contributed by atoms with van der Waals surface area (Å²) in [6.45, 7) is 3.34. The van der Waals surface area contributed by atoms with Crippen LogP contribution in [-0.2, 0) is 4.84 Å². The van der Waals surface area contributed by atoms with Crippen LogP contribution in [0.15, 0.2) is 29.4 Å². The van der Waals surface area contributed by atoms with Gasteiger partial charge >= 0.3 is 0 Å². The maximum atomic E-state index is 5.15. The fourth-order valence-corrected chi connectivity index (χ4v) is 4.91. The van der Waals surface area contributed by atoms with Gasteiger partial charge in [0.1, 0.15) is 7.11 Å². The van der Waals surface area contributed by atoms with Gasteiger partial charge in [-0.15, -0.1) is 0 Å². The van der Waals surface area contributed by atoms with Crippen molar-refractivity contribution in [3.8, 4) is 0 Å². The van der Waals surface area contributed by atoms with E-state index < -0.39 is 0 Å². The zero-order chi connectivity index (χ0) is 14.4. The van der Waals surface area contributed by atoms with Crippen molar-refractivity contribution in [2.75, 3.05) is 13.7 Å². The molecule has 3 fully saturated rings. The first-order valence-electron chi connectivity index (χ1n) is 8.20. The van der Waals surface area contributed by atoms with Crippen LogP contribution in [0, 0.1) is 12.8 Å². The lowest BCUT2D eigenvalue weighted by Gasteiger charge is -2.49. The minimum absolute atomic E-state index is 0.556. The van der Waals surface area contributed by atoms with Crippen molar-refractivity contribution in [3.63, 3.8) is 0 Å². The van der Waals surface area contributed by atoms with Crippen LogP contribution in [0.25, 0.3) is 0 Å². The number of rotatable bonds is 2. The molecule has 0 aliphatic carbocycles. The zero-order valence-electron chi connectivity index (χ0n) is 13.0. The number of benzene rings is 1. The van der Waals surface area contributed by atoms with Crippen LogP contribution in [0.2, 0.25) is 0 Å². The minimum atomic E-state index is 0.556. The first kappa shape index (κ1) is 13.3. The molecular weight excluding hydrogens is 260 g/mol. The summed E-state index contributed by atoms with van der Waals surface area (Å²) in [5.74, 6) is 1.17. The maximum absolute atomic E-state index is 5.15. The average molecular weight is 284 g/mol. The molecule has 1 aromatic rings. The Bertz CT molecular complexity index is 551. The minimum Gasteiger partial charge on any atom is -0.399 e. The second kappa shape index (κ2) is 5.13. The number of hydrogen-bond acceptors (Lipinski definition) is 3. The molecule has 4 rings (SSSR count). The molecule has 3 heterocycles. The summed E-state index contributed by atoms with van der Waals surface area (Å²) in [6.07, 6.45) is 5.06. The highest BCUT2D eigenvalue weighted by atomic mass is 16.6.